The van der Waals surface area contributed by atoms with Crippen molar-refractivity contribution in [2.24, 2.45) is 0 Å². The van der Waals surface area contributed by atoms with Crippen LogP contribution in [0.5, 0.6) is 0 Å². The topological polar surface area (TPSA) is 79.0 Å². The average Bonchev–Trinajstić information content (AvgIpc) is 2.65. The average molecular weight is 389 g/mol. The highest BCUT2D eigenvalue weighted by atomic mass is 16.6. The van der Waals surface area contributed by atoms with Crippen LogP contribution in [0.4, 0.5) is 10.5 Å². The van der Waals surface area contributed by atoms with E-state index in [0.29, 0.717) is 39.1 Å². The number of amides is 3. The SMILES string of the molecule is CCOC(=O)N1CCC(N(CCC(=O)Nc2ccc(C)c(C)c2)C(C)=O)CC1. The summed E-state index contributed by atoms with van der Waals surface area (Å²) in [6, 6.07) is 5.84. The van der Waals surface area contributed by atoms with Crippen LogP contribution in [-0.4, -0.2) is 60.0 Å². The summed E-state index contributed by atoms with van der Waals surface area (Å²) in [4.78, 5) is 39.7. The van der Waals surface area contributed by atoms with E-state index in [4.69, 9.17) is 4.74 Å². The smallest absolute Gasteiger partial charge is 0.409 e. The number of hydrogen-bond donors (Lipinski definition) is 1. The number of aryl methyl sites for hydroxylation is 2. The molecule has 1 aromatic rings. The molecule has 7 heteroatoms. The van der Waals surface area contributed by atoms with E-state index in [1.807, 2.05) is 32.0 Å². The lowest BCUT2D eigenvalue weighted by Crippen LogP contribution is -2.49. The van der Waals surface area contributed by atoms with Crippen molar-refractivity contribution in [2.45, 2.75) is 53.0 Å². The van der Waals surface area contributed by atoms with Gasteiger partial charge in [0.05, 0.1) is 6.61 Å². The highest BCUT2D eigenvalue weighted by Gasteiger charge is 2.29. The fourth-order valence-corrected chi connectivity index (χ4v) is 3.44. The Morgan fingerprint density at radius 1 is 1.18 bits per heavy atom. The summed E-state index contributed by atoms with van der Waals surface area (Å²) < 4.78 is 5.03. The normalized spacial score (nSPS) is 14.5. The van der Waals surface area contributed by atoms with Crippen molar-refractivity contribution in [3.8, 4) is 0 Å². The van der Waals surface area contributed by atoms with E-state index in [1.54, 1.807) is 16.7 Å². The Kier molecular flexibility index (Phi) is 7.84. The van der Waals surface area contributed by atoms with Gasteiger partial charge >= 0.3 is 6.09 Å². The van der Waals surface area contributed by atoms with Crippen LogP contribution >= 0.6 is 0 Å². The Morgan fingerprint density at radius 3 is 2.43 bits per heavy atom. The van der Waals surface area contributed by atoms with Crippen molar-refractivity contribution in [1.82, 2.24) is 9.80 Å². The molecule has 28 heavy (non-hydrogen) atoms. The van der Waals surface area contributed by atoms with Crippen LogP contribution in [0.25, 0.3) is 0 Å². The van der Waals surface area contributed by atoms with Gasteiger partial charge in [0.25, 0.3) is 0 Å². The van der Waals surface area contributed by atoms with Gasteiger partial charge in [-0.2, -0.15) is 0 Å². The summed E-state index contributed by atoms with van der Waals surface area (Å²) in [7, 11) is 0. The number of likely N-dealkylation sites (tertiary alicyclic amines) is 1. The van der Waals surface area contributed by atoms with E-state index in [0.717, 1.165) is 11.3 Å². The first kappa shape index (κ1) is 21.7. The quantitative estimate of drug-likeness (QED) is 0.811. The molecule has 1 aliphatic heterocycles. The fraction of sp³-hybridized carbons (Fsp3) is 0.571. The van der Waals surface area contributed by atoms with Crippen LogP contribution in [0.3, 0.4) is 0 Å². The zero-order chi connectivity index (χ0) is 20.7. The van der Waals surface area contributed by atoms with Crippen molar-refractivity contribution >= 4 is 23.6 Å². The van der Waals surface area contributed by atoms with Crippen LogP contribution in [0.1, 0.15) is 44.2 Å². The van der Waals surface area contributed by atoms with Crippen LogP contribution in [-0.2, 0) is 14.3 Å². The monoisotopic (exact) mass is 389 g/mol. The number of benzene rings is 1. The minimum Gasteiger partial charge on any atom is -0.450 e. The van der Waals surface area contributed by atoms with Gasteiger partial charge in [0.1, 0.15) is 0 Å². The van der Waals surface area contributed by atoms with Crippen molar-refractivity contribution in [2.75, 3.05) is 31.6 Å². The van der Waals surface area contributed by atoms with Crippen molar-refractivity contribution in [3.63, 3.8) is 0 Å². The van der Waals surface area contributed by atoms with E-state index in [1.165, 1.54) is 12.5 Å². The molecule has 0 unspecified atom stereocenters. The van der Waals surface area contributed by atoms with Crippen LogP contribution in [0.15, 0.2) is 18.2 Å². The maximum absolute atomic E-state index is 12.3. The maximum atomic E-state index is 12.3. The Labute approximate surface area is 167 Å². The first-order valence-electron chi connectivity index (χ1n) is 9.87. The van der Waals surface area contributed by atoms with Gasteiger partial charge in [-0.05, 0) is 56.9 Å². The lowest BCUT2D eigenvalue weighted by Gasteiger charge is -2.37. The standard InChI is InChI=1S/C21H31N3O4/c1-5-28-21(27)23-11-8-19(9-12-23)24(17(4)25)13-10-20(26)22-18-7-6-15(2)16(3)14-18/h6-7,14,19H,5,8-13H2,1-4H3,(H,22,26). The van der Waals surface area contributed by atoms with Gasteiger partial charge in [0.2, 0.25) is 11.8 Å². The van der Waals surface area contributed by atoms with Gasteiger partial charge in [-0.3, -0.25) is 9.59 Å². The predicted octanol–water partition coefficient (Wildman–Crippen LogP) is 3.10. The minimum atomic E-state index is -0.303. The van der Waals surface area contributed by atoms with Gasteiger partial charge in [0.15, 0.2) is 0 Å². The lowest BCUT2D eigenvalue weighted by molar-refractivity contribution is -0.132. The molecule has 154 valence electrons. The van der Waals surface area contributed by atoms with Crippen LogP contribution < -0.4 is 5.32 Å². The van der Waals surface area contributed by atoms with E-state index in [2.05, 4.69) is 5.32 Å². The number of anilines is 1. The molecule has 0 aromatic heterocycles. The molecule has 1 N–H and O–H groups in total. The highest BCUT2D eigenvalue weighted by Crippen LogP contribution is 2.19. The highest BCUT2D eigenvalue weighted by molar-refractivity contribution is 5.91. The fourth-order valence-electron chi connectivity index (χ4n) is 3.44. The molecule has 0 bridgehead atoms. The predicted molar refractivity (Wildman–Crippen MR) is 108 cm³/mol. The molecule has 1 fully saturated rings. The van der Waals surface area contributed by atoms with Gasteiger partial charge in [-0.15, -0.1) is 0 Å². The lowest BCUT2D eigenvalue weighted by atomic mass is 10.0. The molecule has 1 aromatic carbocycles. The molecule has 1 heterocycles. The summed E-state index contributed by atoms with van der Waals surface area (Å²) in [6.07, 6.45) is 1.32. The third kappa shape index (κ3) is 5.97. The van der Waals surface area contributed by atoms with Crippen molar-refractivity contribution < 1.29 is 19.1 Å². The molecule has 1 aliphatic rings. The molecular formula is C21H31N3O4. The number of ether oxygens (including phenoxy) is 1. The third-order valence-corrected chi connectivity index (χ3v) is 5.21. The molecule has 0 radical (unpaired) electrons. The molecule has 7 nitrogen and oxygen atoms in total. The number of carbonyl (C=O) groups excluding carboxylic acids is 3. The first-order chi connectivity index (χ1) is 13.3. The molecule has 0 spiro atoms. The van der Waals surface area contributed by atoms with E-state index >= 15 is 0 Å². The van der Waals surface area contributed by atoms with E-state index < -0.39 is 0 Å². The van der Waals surface area contributed by atoms with Crippen molar-refractivity contribution in [3.05, 3.63) is 29.3 Å². The molecule has 2 rings (SSSR count). The zero-order valence-corrected chi connectivity index (χ0v) is 17.3. The molecule has 3 amide bonds. The van der Waals surface area contributed by atoms with Crippen LogP contribution in [0.2, 0.25) is 0 Å². The van der Waals surface area contributed by atoms with E-state index in [-0.39, 0.29) is 30.4 Å². The molecule has 0 saturated carbocycles. The summed E-state index contributed by atoms with van der Waals surface area (Å²) in [6.45, 7) is 9.18. The van der Waals surface area contributed by atoms with Crippen molar-refractivity contribution in [1.29, 1.82) is 0 Å². The van der Waals surface area contributed by atoms with Gasteiger partial charge in [0, 0.05) is 44.7 Å². The number of piperidine rings is 1. The Morgan fingerprint density at radius 2 is 1.86 bits per heavy atom. The largest absolute Gasteiger partial charge is 0.450 e. The molecule has 0 aliphatic carbocycles. The minimum absolute atomic E-state index is 0.0394. The van der Waals surface area contributed by atoms with Gasteiger partial charge in [-0.1, -0.05) is 6.07 Å². The third-order valence-electron chi connectivity index (χ3n) is 5.21. The number of nitrogens with one attached hydrogen (secondary N) is 1. The summed E-state index contributed by atoms with van der Waals surface area (Å²) in [5.74, 6) is -0.160. The second-order valence-electron chi connectivity index (χ2n) is 7.23. The van der Waals surface area contributed by atoms with E-state index in [9.17, 15) is 14.4 Å². The Balaban J connectivity index is 1.86. The first-order valence-corrected chi connectivity index (χ1v) is 9.87. The Bertz CT molecular complexity index is 712. The molecule has 0 atom stereocenters. The summed E-state index contributed by atoms with van der Waals surface area (Å²) >= 11 is 0. The number of rotatable bonds is 6. The Hall–Kier alpha value is -2.57. The maximum Gasteiger partial charge on any atom is 0.409 e. The zero-order valence-electron chi connectivity index (χ0n) is 17.3. The summed E-state index contributed by atoms with van der Waals surface area (Å²) in [5, 5.41) is 2.90. The van der Waals surface area contributed by atoms with Crippen LogP contribution in [0, 0.1) is 13.8 Å². The van der Waals surface area contributed by atoms with Gasteiger partial charge in [-0.25, -0.2) is 4.79 Å². The number of nitrogens with zero attached hydrogens (tertiary/aromatic N) is 2. The summed E-state index contributed by atoms with van der Waals surface area (Å²) in [5.41, 5.74) is 3.07. The van der Waals surface area contributed by atoms with Gasteiger partial charge < -0.3 is 19.9 Å². The molecular weight excluding hydrogens is 358 g/mol. The second-order valence-corrected chi connectivity index (χ2v) is 7.23. The number of hydrogen-bond acceptors (Lipinski definition) is 4. The second kappa shape index (κ2) is 10.1. The molecule has 1 saturated heterocycles. The number of carbonyl (C=O) groups is 3.